The Morgan fingerprint density at radius 3 is 2.83 bits per heavy atom. The van der Waals surface area contributed by atoms with Crippen molar-refractivity contribution >= 4 is 15.9 Å². The molecule has 1 aliphatic heterocycles. The van der Waals surface area contributed by atoms with Gasteiger partial charge in [0.1, 0.15) is 4.95 Å². The predicted octanol–water partition coefficient (Wildman–Crippen LogP) is 1.48. The molecule has 1 atom stereocenters. The van der Waals surface area contributed by atoms with Crippen molar-refractivity contribution in [1.29, 1.82) is 0 Å². The van der Waals surface area contributed by atoms with E-state index in [1.54, 1.807) is 6.92 Å². The first-order valence-electron chi connectivity index (χ1n) is 3.19. The van der Waals surface area contributed by atoms with Crippen LogP contribution >= 0.6 is 15.9 Å². The normalized spacial score (nSPS) is 23.2. The monoisotopic (exact) mass is 234 g/mol. The standard InChI is InChI=1S/C6H7BrN2O3/c1-4-2-5(9(11)12)3-6(7)8(4)10/h2-3,6,10H,1H3. The number of rotatable bonds is 1. The average molecular weight is 235 g/mol. The van der Waals surface area contributed by atoms with Gasteiger partial charge in [0.25, 0.3) is 5.70 Å². The first-order chi connectivity index (χ1) is 5.52. The average Bonchev–Trinajstić information content (AvgIpc) is 1.99. The summed E-state index contributed by atoms with van der Waals surface area (Å²) in [6.45, 7) is 1.59. The van der Waals surface area contributed by atoms with Gasteiger partial charge in [0.05, 0.1) is 4.92 Å². The van der Waals surface area contributed by atoms with Crippen LogP contribution in [0.2, 0.25) is 0 Å². The van der Waals surface area contributed by atoms with Crippen LogP contribution in [0.1, 0.15) is 6.92 Å². The highest BCUT2D eigenvalue weighted by molar-refractivity contribution is 9.09. The molecule has 0 fully saturated rings. The zero-order chi connectivity index (χ0) is 9.30. The third-order valence-electron chi connectivity index (χ3n) is 1.47. The molecule has 0 aromatic rings. The minimum Gasteiger partial charge on any atom is -0.287 e. The molecular weight excluding hydrogens is 228 g/mol. The fourth-order valence-electron chi connectivity index (χ4n) is 0.848. The molecule has 0 aliphatic carbocycles. The molecule has 1 aliphatic rings. The van der Waals surface area contributed by atoms with Crippen LogP contribution in [0.5, 0.6) is 0 Å². The van der Waals surface area contributed by atoms with Gasteiger partial charge in [0, 0.05) is 17.8 Å². The van der Waals surface area contributed by atoms with Gasteiger partial charge in [0.2, 0.25) is 0 Å². The Balaban J connectivity index is 2.95. The molecule has 5 nitrogen and oxygen atoms in total. The Morgan fingerprint density at radius 1 is 1.83 bits per heavy atom. The summed E-state index contributed by atoms with van der Waals surface area (Å²) in [4.78, 5) is 9.30. The van der Waals surface area contributed by atoms with Gasteiger partial charge >= 0.3 is 0 Å². The second-order valence-corrected chi connectivity index (χ2v) is 3.29. The summed E-state index contributed by atoms with van der Waals surface area (Å²) in [5.41, 5.74) is 0.422. The van der Waals surface area contributed by atoms with Crippen molar-refractivity contribution in [3.05, 3.63) is 33.7 Å². The topological polar surface area (TPSA) is 66.6 Å². The number of nitrogens with zero attached hydrogens (tertiary/aromatic N) is 2. The van der Waals surface area contributed by atoms with Crippen molar-refractivity contribution in [3.63, 3.8) is 0 Å². The zero-order valence-corrected chi connectivity index (χ0v) is 7.85. The van der Waals surface area contributed by atoms with Crippen LogP contribution in [-0.4, -0.2) is 20.1 Å². The van der Waals surface area contributed by atoms with Gasteiger partial charge < -0.3 is 0 Å². The number of halogens is 1. The number of hydrogen-bond acceptors (Lipinski definition) is 4. The SMILES string of the molecule is CC1=CC([N+](=O)[O-])=CC(Br)N1O. The van der Waals surface area contributed by atoms with Gasteiger partial charge in [-0.1, -0.05) is 15.9 Å². The molecule has 0 bridgehead atoms. The van der Waals surface area contributed by atoms with Crippen molar-refractivity contribution in [1.82, 2.24) is 5.06 Å². The zero-order valence-electron chi connectivity index (χ0n) is 6.27. The van der Waals surface area contributed by atoms with Crippen LogP contribution in [0.15, 0.2) is 23.5 Å². The molecule has 0 spiro atoms. The van der Waals surface area contributed by atoms with Gasteiger partial charge in [0.15, 0.2) is 0 Å². The molecule has 0 amide bonds. The highest BCUT2D eigenvalue weighted by atomic mass is 79.9. The van der Waals surface area contributed by atoms with E-state index in [0.717, 1.165) is 5.06 Å². The Bertz CT molecular complexity index is 274. The van der Waals surface area contributed by atoms with Crippen molar-refractivity contribution in [2.45, 2.75) is 11.9 Å². The fraction of sp³-hybridized carbons (Fsp3) is 0.333. The molecule has 0 aromatic carbocycles. The van der Waals surface area contributed by atoms with Crippen molar-refractivity contribution in [3.8, 4) is 0 Å². The van der Waals surface area contributed by atoms with Crippen LogP contribution in [0.3, 0.4) is 0 Å². The lowest BCUT2D eigenvalue weighted by molar-refractivity contribution is -0.420. The van der Waals surface area contributed by atoms with Crippen LogP contribution in [0.25, 0.3) is 0 Å². The Kier molecular flexibility index (Phi) is 2.49. The molecule has 0 saturated heterocycles. The van der Waals surface area contributed by atoms with Gasteiger partial charge in [-0.2, -0.15) is 0 Å². The summed E-state index contributed by atoms with van der Waals surface area (Å²) in [5.74, 6) is 0. The largest absolute Gasteiger partial charge is 0.287 e. The molecule has 0 aromatic heterocycles. The van der Waals surface area contributed by atoms with E-state index in [9.17, 15) is 15.3 Å². The minimum absolute atomic E-state index is 0.0142. The van der Waals surface area contributed by atoms with Crippen molar-refractivity contribution in [2.24, 2.45) is 0 Å². The summed E-state index contributed by atoms with van der Waals surface area (Å²) in [6.07, 6.45) is 2.62. The van der Waals surface area contributed by atoms with Crippen LogP contribution in [0, 0.1) is 10.1 Å². The molecule has 6 heteroatoms. The van der Waals surface area contributed by atoms with E-state index in [2.05, 4.69) is 15.9 Å². The predicted molar refractivity (Wildman–Crippen MR) is 45.2 cm³/mol. The second kappa shape index (κ2) is 3.24. The van der Waals surface area contributed by atoms with Crippen LogP contribution in [0.4, 0.5) is 0 Å². The van der Waals surface area contributed by atoms with E-state index < -0.39 is 9.87 Å². The molecule has 1 N–H and O–H groups in total. The highest BCUT2D eigenvalue weighted by Crippen LogP contribution is 2.21. The highest BCUT2D eigenvalue weighted by Gasteiger charge is 2.22. The third-order valence-corrected chi connectivity index (χ3v) is 2.12. The summed E-state index contributed by atoms with van der Waals surface area (Å²) >= 11 is 3.06. The van der Waals surface area contributed by atoms with E-state index in [4.69, 9.17) is 0 Å². The first kappa shape index (κ1) is 9.21. The third kappa shape index (κ3) is 1.64. The fourth-order valence-corrected chi connectivity index (χ4v) is 1.44. The molecule has 1 unspecified atom stereocenters. The summed E-state index contributed by atoms with van der Waals surface area (Å²) in [6, 6.07) is 0. The summed E-state index contributed by atoms with van der Waals surface area (Å²) in [5, 5.41) is 20.4. The molecule has 1 rings (SSSR count). The maximum absolute atomic E-state index is 10.3. The lowest BCUT2D eigenvalue weighted by Crippen LogP contribution is -2.27. The maximum Gasteiger partial charge on any atom is 0.270 e. The first-order valence-corrected chi connectivity index (χ1v) is 4.10. The lowest BCUT2D eigenvalue weighted by atomic mass is 10.2. The molecule has 12 heavy (non-hydrogen) atoms. The van der Waals surface area contributed by atoms with Gasteiger partial charge in [-0.05, 0) is 6.92 Å². The number of nitro groups is 1. The van der Waals surface area contributed by atoms with Gasteiger partial charge in [-0.25, -0.2) is 5.06 Å². The number of alkyl halides is 1. The van der Waals surface area contributed by atoms with Crippen molar-refractivity contribution in [2.75, 3.05) is 0 Å². The second-order valence-electron chi connectivity index (χ2n) is 2.35. The molecule has 1 heterocycles. The Morgan fingerprint density at radius 2 is 2.42 bits per heavy atom. The molecule has 0 radical (unpaired) electrons. The number of hydroxylamine groups is 2. The van der Waals surface area contributed by atoms with Gasteiger partial charge in [-0.3, -0.25) is 15.3 Å². The molecular formula is C6H7BrN2O3. The van der Waals surface area contributed by atoms with Crippen molar-refractivity contribution < 1.29 is 10.1 Å². The Hall–Kier alpha value is -0.880. The van der Waals surface area contributed by atoms with E-state index in [1.807, 2.05) is 0 Å². The van der Waals surface area contributed by atoms with Gasteiger partial charge in [-0.15, -0.1) is 0 Å². The van der Waals surface area contributed by atoms with E-state index in [0.29, 0.717) is 5.70 Å². The quantitative estimate of drug-likeness (QED) is 0.323. The van der Waals surface area contributed by atoms with E-state index in [-0.39, 0.29) is 5.70 Å². The van der Waals surface area contributed by atoms with E-state index >= 15 is 0 Å². The summed E-state index contributed by atoms with van der Waals surface area (Å²) < 4.78 is 0. The minimum atomic E-state index is -0.525. The number of allylic oxidation sites excluding steroid dienone is 2. The van der Waals surface area contributed by atoms with E-state index in [1.165, 1.54) is 12.2 Å². The molecule has 66 valence electrons. The smallest absolute Gasteiger partial charge is 0.270 e. The summed E-state index contributed by atoms with van der Waals surface area (Å²) in [7, 11) is 0. The number of hydrogen-bond donors (Lipinski definition) is 1. The lowest BCUT2D eigenvalue weighted by Gasteiger charge is -2.23. The van der Waals surface area contributed by atoms with Crippen LogP contribution in [-0.2, 0) is 0 Å². The Labute approximate surface area is 77.2 Å². The van der Waals surface area contributed by atoms with Crippen LogP contribution < -0.4 is 0 Å². The maximum atomic E-state index is 10.3. The molecule has 0 saturated carbocycles.